The molecule has 12 heteroatoms. The first-order chi connectivity index (χ1) is 14.8. The Bertz CT molecular complexity index is 700. The quantitative estimate of drug-likeness (QED) is 0.429. The fourth-order valence-corrected chi connectivity index (χ4v) is 4.30. The molecule has 3 aliphatic heterocycles. The van der Waals surface area contributed by atoms with Crippen LogP contribution in [0.25, 0.3) is 0 Å². The normalized spacial score (nSPS) is 21.9. The van der Waals surface area contributed by atoms with Crippen molar-refractivity contribution in [2.24, 2.45) is 0 Å². The molecule has 3 amide bonds. The molecular formula is C19H28N4O7S. The smallest absolute Gasteiger partial charge is 0.328 e. The van der Waals surface area contributed by atoms with Gasteiger partial charge in [-0.2, -0.15) is 11.8 Å². The van der Waals surface area contributed by atoms with Crippen LogP contribution in [-0.2, 0) is 24.0 Å². The van der Waals surface area contributed by atoms with Gasteiger partial charge in [0.25, 0.3) is 0 Å². The third-order valence-electron chi connectivity index (χ3n) is 5.07. The summed E-state index contributed by atoms with van der Waals surface area (Å²) in [5.74, 6) is -0.266. The molecule has 0 aliphatic carbocycles. The van der Waals surface area contributed by atoms with Crippen LogP contribution in [0.5, 0.6) is 0 Å². The molecule has 31 heavy (non-hydrogen) atoms. The van der Waals surface area contributed by atoms with Crippen molar-refractivity contribution in [3.63, 3.8) is 0 Å². The maximum atomic E-state index is 12.3. The first kappa shape index (κ1) is 24.7. The van der Waals surface area contributed by atoms with Gasteiger partial charge >= 0.3 is 11.9 Å². The third-order valence-corrected chi connectivity index (χ3v) is 6.01. The Balaban J connectivity index is 0.000000366. The number of carbonyl (C=O) groups excluding carboxylic acids is 3. The van der Waals surface area contributed by atoms with Crippen molar-refractivity contribution in [2.75, 3.05) is 57.3 Å². The first-order valence-corrected chi connectivity index (χ1v) is 11.2. The van der Waals surface area contributed by atoms with E-state index < -0.39 is 11.9 Å². The lowest BCUT2D eigenvalue weighted by molar-refractivity contribution is -0.137. The molecule has 1 atom stereocenters. The van der Waals surface area contributed by atoms with Crippen LogP contribution in [-0.4, -0.2) is 118 Å². The predicted octanol–water partition coefficient (Wildman–Crippen LogP) is -1.30. The van der Waals surface area contributed by atoms with Gasteiger partial charge in [0.1, 0.15) is 6.04 Å². The summed E-state index contributed by atoms with van der Waals surface area (Å²) in [6.07, 6.45) is 2.16. The zero-order valence-electron chi connectivity index (χ0n) is 17.2. The molecule has 0 spiro atoms. The van der Waals surface area contributed by atoms with E-state index >= 15 is 0 Å². The molecule has 3 rings (SSSR count). The number of carbonyl (C=O) groups is 5. The molecule has 0 unspecified atom stereocenters. The molecule has 3 saturated heterocycles. The lowest BCUT2D eigenvalue weighted by Crippen LogP contribution is -2.55. The van der Waals surface area contributed by atoms with E-state index in [4.69, 9.17) is 10.2 Å². The maximum absolute atomic E-state index is 12.3. The number of nitrogens with one attached hydrogen (secondary N) is 1. The Morgan fingerprint density at radius 1 is 0.935 bits per heavy atom. The van der Waals surface area contributed by atoms with E-state index in [9.17, 15) is 24.0 Å². The van der Waals surface area contributed by atoms with Gasteiger partial charge in [-0.25, -0.2) is 9.59 Å². The topological polar surface area (TPSA) is 148 Å². The minimum Gasteiger partial charge on any atom is -0.478 e. The highest BCUT2D eigenvalue weighted by molar-refractivity contribution is 7.99. The molecule has 0 aromatic carbocycles. The van der Waals surface area contributed by atoms with Crippen molar-refractivity contribution < 1.29 is 34.2 Å². The number of aliphatic carboxylic acids is 2. The molecule has 0 saturated carbocycles. The highest BCUT2D eigenvalue weighted by Gasteiger charge is 2.32. The van der Waals surface area contributed by atoms with Crippen molar-refractivity contribution in [1.82, 2.24) is 20.0 Å². The van der Waals surface area contributed by atoms with Crippen LogP contribution in [0.2, 0.25) is 0 Å². The van der Waals surface area contributed by atoms with Crippen LogP contribution in [0, 0.1) is 0 Å². The van der Waals surface area contributed by atoms with Gasteiger partial charge in [-0.15, -0.1) is 0 Å². The summed E-state index contributed by atoms with van der Waals surface area (Å²) in [5, 5.41) is 18.4. The molecule has 172 valence electrons. The molecule has 11 nitrogen and oxygen atoms in total. The predicted molar refractivity (Wildman–Crippen MR) is 113 cm³/mol. The van der Waals surface area contributed by atoms with E-state index in [-0.39, 0.29) is 23.8 Å². The van der Waals surface area contributed by atoms with Crippen molar-refractivity contribution in [1.29, 1.82) is 0 Å². The molecule has 0 bridgehead atoms. The number of carboxylic acids is 2. The van der Waals surface area contributed by atoms with Crippen molar-refractivity contribution in [3.05, 3.63) is 12.2 Å². The van der Waals surface area contributed by atoms with E-state index in [1.165, 1.54) is 0 Å². The zero-order chi connectivity index (χ0) is 22.8. The highest BCUT2D eigenvalue weighted by Crippen LogP contribution is 2.13. The van der Waals surface area contributed by atoms with Crippen LogP contribution in [0.15, 0.2) is 12.2 Å². The van der Waals surface area contributed by atoms with Crippen LogP contribution < -0.4 is 5.32 Å². The average molecular weight is 457 g/mol. The van der Waals surface area contributed by atoms with E-state index in [0.717, 1.165) is 37.7 Å². The summed E-state index contributed by atoms with van der Waals surface area (Å²) in [4.78, 5) is 60.8. The van der Waals surface area contributed by atoms with Gasteiger partial charge < -0.3 is 25.3 Å². The van der Waals surface area contributed by atoms with Crippen molar-refractivity contribution in [2.45, 2.75) is 18.9 Å². The molecule has 3 aliphatic rings. The Morgan fingerprint density at radius 3 is 2.00 bits per heavy atom. The maximum Gasteiger partial charge on any atom is 0.328 e. The Morgan fingerprint density at radius 2 is 1.52 bits per heavy atom. The van der Waals surface area contributed by atoms with Gasteiger partial charge in [-0.3, -0.25) is 19.3 Å². The number of nitrogens with zero attached hydrogens (tertiary/aromatic N) is 3. The van der Waals surface area contributed by atoms with Gasteiger partial charge in [0.15, 0.2) is 0 Å². The van der Waals surface area contributed by atoms with Crippen molar-refractivity contribution in [3.8, 4) is 0 Å². The number of piperazine rings is 1. The van der Waals surface area contributed by atoms with E-state index in [2.05, 4.69) is 10.2 Å². The lowest BCUT2D eigenvalue weighted by atomic mass is 10.2. The first-order valence-electron chi connectivity index (χ1n) is 10.1. The average Bonchev–Trinajstić information content (AvgIpc) is 3.19. The largest absolute Gasteiger partial charge is 0.478 e. The molecule has 0 aromatic heterocycles. The number of hydrogen-bond donors (Lipinski definition) is 3. The van der Waals surface area contributed by atoms with Gasteiger partial charge in [0.2, 0.25) is 17.7 Å². The Kier molecular flexibility index (Phi) is 9.79. The Hall–Kier alpha value is -2.60. The molecule has 3 heterocycles. The van der Waals surface area contributed by atoms with Gasteiger partial charge in [0.05, 0.1) is 6.54 Å². The summed E-state index contributed by atoms with van der Waals surface area (Å²) < 4.78 is 0. The second kappa shape index (κ2) is 12.3. The fraction of sp³-hybridized carbons (Fsp3) is 0.632. The van der Waals surface area contributed by atoms with Gasteiger partial charge in [-0.1, -0.05) is 0 Å². The molecule has 0 aromatic rings. The van der Waals surface area contributed by atoms with Gasteiger partial charge in [0, 0.05) is 69.3 Å². The SMILES string of the molecule is O=C(O)/C=C\C(=O)O.O=C1CC[C@H](C(=O)N2CCN(CC(=O)N3CCSCC3)CC2)N1. The molecular weight excluding hydrogens is 428 g/mol. The van der Waals surface area contributed by atoms with Crippen LogP contribution in [0.4, 0.5) is 0 Å². The van der Waals surface area contributed by atoms with Crippen LogP contribution >= 0.6 is 11.8 Å². The number of rotatable bonds is 5. The monoisotopic (exact) mass is 456 g/mol. The van der Waals surface area contributed by atoms with E-state index in [0.29, 0.717) is 44.6 Å². The molecule has 0 radical (unpaired) electrons. The summed E-state index contributed by atoms with van der Waals surface area (Å²) >= 11 is 1.90. The minimum absolute atomic E-state index is 0.0230. The van der Waals surface area contributed by atoms with E-state index in [1.807, 2.05) is 21.6 Å². The number of amides is 3. The minimum atomic E-state index is -1.26. The summed E-state index contributed by atoms with van der Waals surface area (Å²) in [7, 11) is 0. The Labute approximate surface area is 184 Å². The second-order valence-corrected chi connectivity index (χ2v) is 8.49. The standard InChI is InChI=1S/C15H24N4O3S.C4H4O4/c20-13-2-1-12(16-13)15(22)19-5-3-17(4-6-19)11-14(21)18-7-9-23-10-8-18;5-3(6)1-2-4(7)8/h12H,1-11H2,(H,16,20);1-2H,(H,5,6)(H,7,8)/b;2-1-/t12-;/m1./s1. The van der Waals surface area contributed by atoms with Crippen LogP contribution in [0.3, 0.4) is 0 Å². The highest BCUT2D eigenvalue weighted by atomic mass is 32.2. The number of hydrogen-bond acceptors (Lipinski definition) is 7. The summed E-state index contributed by atoms with van der Waals surface area (Å²) in [5.41, 5.74) is 0. The third kappa shape index (κ3) is 8.58. The fourth-order valence-electron chi connectivity index (χ4n) is 3.39. The summed E-state index contributed by atoms with van der Waals surface area (Å²) in [6.45, 7) is 4.86. The van der Waals surface area contributed by atoms with E-state index in [1.54, 1.807) is 0 Å². The number of thioether (sulfide) groups is 1. The van der Waals surface area contributed by atoms with Crippen molar-refractivity contribution >= 4 is 41.4 Å². The summed E-state index contributed by atoms with van der Waals surface area (Å²) in [6, 6.07) is -0.346. The molecule has 3 N–H and O–H groups in total. The lowest BCUT2D eigenvalue weighted by Gasteiger charge is -2.36. The zero-order valence-corrected chi connectivity index (χ0v) is 18.0. The second-order valence-electron chi connectivity index (χ2n) is 7.26. The number of carboxylic acid groups (broad SMARTS) is 2. The van der Waals surface area contributed by atoms with Crippen LogP contribution in [0.1, 0.15) is 12.8 Å². The van der Waals surface area contributed by atoms with Gasteiger partial charge in [-0.05, 0) is 6.42 Å². The molecule has 3 fully saturated rings.